The average Bonchev–Trinajstić information content (AvgIpc) is 2.80. The van der Waals surface area contributed by atoms with E-state index in [1.54, 1.807) is 11.0 Å². The second kappa shape index (κ2) is 9.36. The van der Waals surface area contributed by atoms with Gasteiger partial charge < -0.3 is 9.80 Å². The lowest BCUT2D eigenvalue weighted by molar-refractivity contribution is 0.0746. The van der Waals surface area contributed by atoms with Gasteiger partial charge in [-0.3, -0.25) is 4.79 Å². The van der Waals surface area contributed by atoms with Crippen LogP contribution in [0.25, 0.3) is 0 Å². The van der Waals surface area contributed by atoms with E-state index < -0.39 is 10.0 Å². The van der Waals surface area contributed by atoms with Gasteiger partial charge in [-0.2, -0.15) is 4.31 Å². The van der Waals surface area contributed by atoms with Crippen LogP contribution in [-0.4, -0.2) is 62.8 Å². The summed E-state index contributed by atoms with van der Waals surface area (Å²) in [5, 5.41) is 0.838. The number of carbonyl (C=O) groups excluding carboxylic acids is 1. The number of benzene rings is 2. The molecule has 2 saturated heterocycles. The molecular weight excluding hydrogens is 457 g/mol. The van der Waals surface area contributed by atoms with Crippen molar-refractivity contribution < 1.29 is 13.2 Å². The smallest absolute Gasteiger partial charge is 0.254 e. The second-order valence-electron chi connectivity index (χ2n) is 7.87. The quantitative estimate of drug-likeness (QED) is 0.658. The standard InChI is InChI=1S/C22H25Cl2N3O3S/c23-18-5-7-19(8-6-18)25-12-14-26(15-13-25)22(28)17-4-9-20(24)21(16-17)31(29,30)27-10-2-1-3-11-27/h4-9,16H,1-3,10-15H2. The molecule has 2 aromatic carbocycles. The van der Waals surface area contributed by atoms with Crippen molar-refractivity contribution in [2.45, 2.75) is 24.2 Å². The van der Waals surface area contributed by atoms with Crippen molar-refractivity contribution in [3.05, 3.63) is 58.1 Å². The Hall–Kier alpha value is -1.80. The Balaban J connectivity index is 1.48. The number of carbonyl (C=O) groups is 1. The van der Waals surface area contributed by atoms with Gasteiger partial charge in [-0.05, 0) is 55.3 Å². The van der Waals surface area contributed by atoms with Crippen molar-refractivity contribution in [1.29, 1.82) is 0 Å². The number of piperidine rings is 1. The molecule has 0 bridgehead atoms. The van der Waals surface area contributed by atoms with E-state index in [1.165, 1.54) is 16.4 Å². The molecule has 9 heteroatoms. The summed E-state index contributed by atoms with van der Waals surface area (Å²) in [6.07, 6.45) is 2.71. The lowest BCUT2D eigenvalue weighted by Gasteiger charge is -2.36. The van der Waals surface area contributed by atoms with Gasteiger partial charge in [0.2, 0.25) is 10.0 Å². The van der Waals surface area contributed by atoms with Gasteiger partial charge in [0.15, 0.2) is 0 Å². The van der Waals surface area contributed by atoms with Crippen LogP contribution in [0.4, 0.5) is 5.69 Å². The molecule has 2 fully saturated rings. The summed E-state index contributed by atoms with van der Waals surface area (Å²) in [5.74, 6) is -0.178. The van der Waals surface area contributed by atoms with Crippen molar-refractivity contribution in [1.82, 2.24) is 9.21 Å². The molecule has 0 spiro atoms. The molecule has 166 valence electrons. The first-order valence-corrected chi connectivity index (χ1v) is 12.7. The monoisotopic (exact) mass is 481 g/mol. The van der Waals surface area contributed by atoms with Crippen LogP contribution in [0.2, 0.25) is 10.0 Å². The first kappa shape index (κ1) is 22.4. The summed E-state index contributed by atoms with van der Waals surface area (Å²) >= 11 is 12.2. The molecule has 31 heavy (non-hydrogen) atoms. The molecule has 1 amide bonds. The third-order valence-electron chi connectivity index (χ3n) is 5.87. The fraction of sp³-hybridized carbons (Fsp3) is 0.409. The molecule has 6 nitrogen and oxygen atoms in total. The van der Waals surface area contributed by atoms with Crippen molar-refractivity contribution in [3.63, 3.8) is 0 Å². The highest BCUT2D eigenvalue weighted by atomic mass is 35.5. The van der Waals surface area contributed by atoms with Crippen LogP contribution in [0, 0.1) is 0 Å². The van der Waals surface area contributed by atoms with E-state index >= 15 is 0 Å². The number of sulfonamides is 1. The molecular formula is C22H25Cl2N3O3S. The second-order valence-corrected chi connectivity index (χ2v) is 10.6. The molecule has 0 aliphatic carbocycles. The summed E-state index contributed by atoms with van der Waals surface area (Å²) < 4.78 is 27.6. The van der Waals surface area contributed by atoms with Crippen molar-refractivity contribution in [2.24, 2.45) is 0 Å². The van der Waals surface area contributed by atoms with Crippen LogP contribution in [0.1, 0.15) is 29.6 Å². The zero-order valence-corrected chi connectivity index (χ0v) is 19.5. The van der Waals surface area contributed by atoms with Gasteiger partial charge in [0.05, 0.1) is 5.02 Å². The highest BCUT2D eigenvalue weighted by molar-refractivity contribution is 7.89. The maximum Gasteiger partial charge on any atom is 0.254 e. The van der Waals surface area contributed by atoms with Crippen LogP contribution in [0.15, 0.2) is 47.4 Å². The first-order valence-electron chi connectivity index (χ1n) is 10.5. The minimum atomic E-state index is -3.72. The molecule has 0 atom stereocenters. The molecule has 2 aliphatic heterocycles. The molecule has 0 unspecified atom stereocenters. The first-order chi connectivity index (χ1) is 14.9. The molecule has 0 aromatic heterocycles. The number of anilines is 1. The molecule has 0 saturated carbocycles. The summed E-state index contributed by atoms with van der Waals surface area (Å²) in [5.41, 5.74) is 1.41. The van der Waals surface area contributed by atoms with E-state index in [2.05, 4.69) is 4.90 Å². The lowest BCUT2D eigenvalue weighted by atomic mass is 10.1. The maximum absolute atomic E-state index is 13.1. The molecule has 2 aromatic rings. The maximum atomic E-state index is 13.1. The summed E-state index contributed by atoms with van der Waals surface area (Å²) in [6, 6.07) is 12.2. The van der Waals surface area contributed by atoms with Crippen LogP contribution >= 0.6 is 23.2 Å². The van der Waals surface area contributed by atoms with E-state index in [9.17, 15) is 13.2 Å². The topological polar surface area (TPSA) is 60.9 Å². The molecule has 2 heterocycles. The van der Waals surface area contributed by atoms with Crippen LogP contribution in [-0.2, 0) is 10.0 Å². The minimum Gasteiger partial charge on any atom is -0.368 e. The van der Waals surface area contributed by atoms with Gasteiger partial charge in [-0.15, -0.1) is 0 Å². The van der Waals surface area contributed by atoms with Gasteiger partial charge in [0.1, 0.15) is 4.90 Å². The van der Waals surface area contributed by atoms with E-state index in [-0.39, 0.29) is 15.8 Å². The van der Waals surface area contributed by atoms with Crippen molar-refractivity contribution in [3.8, 4) is 0 Å². The van der Waals surface area contributed by atoms with Crippen molar-refractivity contribution in [2.75, 3.05) is 44.2 Å². The average molecular weight is 482 g/mol. The Morgan fingerprint density at radius 3 is 2.10 bits per heavy atom. The number of hydrogen-bond donors (Lipinski definition) is 0. The summed E-state index contributed by atoms with van der Waals surface area (Å²) in [6.45, 7) is 3.48. The number of hydrogen-bond acceptors (Lipinski definition) is 4. The Morgan fingerprint density at radius 1 is 0.806 bits per heavy atom. The fourth-order valence-electron chi connectivity index (χ4n) is 4.08. The van der Waals surface area contributed by atoms with Crippen molar-refractivity contribution >= 4 is 44.8 Å². The number of amides is 1. The number of rotatable bonds is 4. The predicted molar refractivity (Wildman–Crippen MR) is 124 cm³/mol. The Labute approximate surface area is 193 Å². The van der Waals surface area contributed by atoms with E-state index in [0.717, 1.165) is 24.9 Å². The summed E-state index contributed by atoms with van der Waals surface area (Å²) in [7, 11) is -3.72. The molecule has 0 N–H and O–H groups in total. The Bertz CT molecular complexity index is 1050. The van der Waals surface area contributed by atoms with Gasteiger partial charge in [-0.25, -0.2) is 8.42 Å². The fourth-order valence-corrected chi connectivity index (χ4v) is 6.22. The number of nitrogens with zero attached hydrogens (tertiary/aromatic N) is 3. The number of halogens is 2. The van der Waals surface area contributed by atoms with Gasteiger partial charge in [0.25, 0.3) is 5.91 Å². The highest BCUT2D eigenvalue weighted by Gasteiger charge is 2.30. The SMILES string of the molecule is O=C(c1ccc(Cl)c(S(=O)(=O)N2CCCCC2)c1)N1CCN(c2ccc(Cl)cc2)CC1. The van der Waals surface area contributed by atoms with Gasteiger partial charge in [0, 0.05) is 55.5 Å². The predicted octanol–water partition coefficient (Wildman–Crippen LogP) is 4.13. The van der Waals surface area contributed by atoms with E-state index in [4.69, 9.17) is 23.2 Å². The van der Waals surface area contributed by atoms with Crippen LogP contribution in [0.5, 0.6) is 0 Å². The normalized spacial score (nSPS) is 18.3. The number of piperazine rings is 1. The van der Waals surface area contributed by atoms with Crippen LogP contribution < -0.4 is 4.90 Å². The Kier molecular flexibility index (Phi) is 6.77. The largest absolute Gasteiger partial charge is 0.368 e. The third-order valence-corrected chi connectivity index (χ3v) is 8.50. The molecule has 4 rings (SSSR count). The third kappa shape index (κ3) is 4.85. The van der Waals surface area contributed by atoms with Crippen LogP contribution in [0.3, 0.4) is 0 Å². The summed E-state index contributed by atoms with van der Waals surface area (Å²) in [4.78, 5) is 17.1. The Morgan fingerprint density at radius 2 is 1.45 bits per heavy atom. The minimum absolute atomic E-state index is 0.0155. The zero-order chi connectivity index (χ0) is 22.0. The zero-order valence-electron chi connectivity index (χ0n) is 17.1. The van der Waals surface area contributed by atoms with E-state index in [0.29, 0.717) is 49.9 Å². The lowest BCUT2D eigenvalue weighted by Crippen LogP contribution is -2.48. The molecule has 2 aliphatic rings. The van der Waals surface area contributed by atoms with Gasteiger partial charge in [-0.1, -0.05) is 29.6 Å². The highest BCUT2D eigenvalue weighted by Crippen LogP contribution is 2.28. The van der Waals surface area contributed by atoms with Gasteiger partial charge >= 0.3 is 0 Å². The van der Waals surface area contributed by atoms with E-state index in [1.807, 2.05) is 24.3 Å². The molecule has 0 radical (unpaired) electrons.